The van der Waals surface area contributed by atoms with Crippen molar-refractivity contribution >= 4 is 17.0 Å². The molecule has 37 heavy (non-hydrogen) atoms. The molecule has 0 radical (unpaired) electrons. The van der Waals surface area contributed by atoms with E-state index < -0.39 is 18.5 Å². The maximum atomic E-state index is 13.9. The Morgan fingerprint density at radius 2 is 1.81 bits per heavy atom. The molecule has 2 aromatic carbocycles. The van der Waals surface area contributed by atoms with Crippen molar-refractivity contribution in [2.75, 3.05) is 0 Å². The highest BCUT2D eigenvalue weighted by Crippen LogP contribution is 2.47. The van der Waals surface area contributed by atoms with Gasteiger partial charge >= 0.3 is 5.97 Å². The molecule has 0 bridgehead atoms. The molecule has 2 heterocycles. The van der Waals surface area contributed by atoms with Gasteiger partial charge in [0, 0.05) is 24.2 Å². The number of benzene rings is 2. The highest BCUT2D eigenvalue weighted by atomic mass is 19.1. The number of carboxylic acid groups (broad SMARTS) is 1. The average molecular weight is 502 g/mol. The molecular weight excluding hydrogens is 473 g/mol. The van der Waals surface area contributed by atoms with Crippen molar-refractivity contribution in [3.63, 3.8) is 0 Å². The normalized spacial score (nSPS) is 14.7. The minimum atomic E-state index is -1.17. The van der Waals surface area contributed by atoms with E-state index in [0.717, 1.165) is 57.5 Å². The van der Waals surface area contributed by atoms with Crippen LogP contribution in [-0.4, -0.2) is 42.2 Å². The number of halogens is 1. The Labute approximate surface area is 213 Å². The number of rotatable bonds is 9. The first-order chi connectivity index (χ1) is 17.8. The molecule has 1 fully saturated rings. The third-order valence-corrected chi connectivity index (χ3v) is 6.66. The lowest BCUT2D eigenvalue weighted by molar-refractivity contribution is -0.136. The topological polar surface area (TPSA) is 108 Å². The number of pyridine rings is 1. The van der Waals surface area contributed by atoms with E-state index in [2.05, 4.69) is 0 Å². The smallest absolute Gasteiger partial charge is 0.311 e. The van der Waals surface area contributed by atoms with Crippen LogP contribution in [0.1, 0.15) is 42.9 Å². The summed E-state index contributed by atoms with van der Waals surface area (Å²) in [5.74, 6) is -1.59. The molecule has 7 nitrogen and oxygen atoms in total. The molecule has 1 unspecified atom stereocenters. The van der Waals surface area contributed by atoms with E-state index in [1.807, 2.05) is 37.4 Å². The van der Waals surface area contributed by atoms with Gasteiger partial charge in [-0.25, -0.2) is 14.1 Å². The fraction of sp³-hybridized carbons (Fsp3) is 0.276. The van der Waals surface area contributed by atoms with Crippen molar-refractivity contribution in [1.82, 2.24) is 14.8 Å². The number of hydrogen-bond acceptors (Lipinski definition) is 5. The summed E-state index contributed by atoms with van der Waals surface area (Å²) in [5.41, 5.74) is 6.08. The Morgan fingerprint density at radius 3 is 2.46 bits per heavy atom. The Bertz CT molecular complexity index is 1480. The number of nitrogens with zero attached hydrogens (tertiary/aromatic N) is 3. The molecule has 8 heteroatoms. The number of fused-ring (bicyclic) bond motifs is 1. The first kappa shape index (κ1) is 24.6. The molecule has 1 saturated carbocycles. The van der Waals surface area contributed by atoms with Crippen molar-refractivity contribution in [1.29, 1.82) is 0 Å². The number of carboxylic acids is 1. The second kappa shape index (κ2) is 10.1. The highest BCUT2D eigenvalue weighted by Gasteiger charge is 2.32. The predicted molar refractivity (Wildman–Crippen MR) is 139 cm³/mol. The van der Waals surface area contributed by atoms with Gasteiger partial charge in [-0.1, -0.05) is 42.5 Å². The third kappa shape index (κ3) is 5.24. The fourth-order valence-corrected chi connectivity index (χ4v) is 4.83. The zero-order valence-corrected chi connectivity index (χ0v) is 20.4. The minimum Gasteiger partial charge on any atom is -0.512 e. The van der Waals surface area contributed by atoms with Crippen LogP contribution in [0.3, 0.4) is 0 Å². The molecule has 3 N–H and O–H groups in total. The van der Waals surface area contributed by atoms with E-state index in [-0.39, 0.29) is 18.0 Å². The number of aromatic nitrogens is 3. The molecule has 1 aliphatic carbocycles. The Hall–Kier alpha value is -4.04. The maximum absolute atomic E-state index is 13.9. The van der Waals surface area contributed by atoms with Crippen molar-refractivity contribution in [3.8, 4) is 22.4 Å². The second-order valence-corrected chi connectivity index (χ2v) is 9.50. The summed E-state index contributed by atoms with van der Waals surface area (Å²) >= 11 is 0. The molecule has 190 valence electrons. The number of aliphatic hydroxyl groups is 2. The molecule has 1 aliphatic rings. The summed E-state index contributed by atoms with van der Waals surface area (Å²) in [6.45, 7) is 0. The Kier molecular flexibility index (Phi) is 6.76. The van der Waals surface area contributed by atoms with Crippen molar-refractivity contribution in [3.05, 3.63) is 83.5 Å². The standard InChI is InChI=1S/C29H28FN3O4/c1-33-29-26(28(32-33)18-5-3-2-4-6-18)25(17-9-11-20(30)12-10-17)23(27(31-29)19-7-8-19)14-13-21(34)15-22(35)16-24(36)37/h2-6,9-12,15,19,21,34-35H,7-8,13-14,16H2,1H3,(H,36,37)/b22-15+. The Balaban J connectivity index is 1.69. The second-order valence-electron chi connectivity index (χ2n) is 9.50. The summed E-state index contributed by atoms with van der Waals surface area (Å²) in [7, 11) is 1.87. The number of hydrogen-bond donors (Lipinski definition) is 3. The molecule has 2 aromatic heterocycles. The predicted octanol–water partition coefficient (Wildman–Crippen LogP) is 5.53. The maximum Gasteiger partial charge on any atom is 0.311 e. The minimum absolute atomic E-state index is 0.256. The third-order valence-electron chi connectivity index (χ3n) is 6.66. The number of aliphatic carboxylic acids is 1. The van der Waals surface area contributed by atoms with Gasteiger partial charge in [0.2, 0.25) is 0 Å². The SMILES string of the molecule is Cn1nc(-c2ccccc2)c2c(-c3ccc(F)cc3)c(CCC(O)/C=C(/O)CC(=O)O)c(C3CC3)nc21. The zero-order chi connectivity index (χ0) is 26.1. The van der Waals surface area contributed by atoms with Gasteiger partial charge in [0.25, 0.3) is 0 Å². The van der Waals surface area contributed by atoms with Gasteiger partial charge in [-0.2, -0.15) is 5.10 Å². The highest BCUT2D eigenvalue weighted by molar-refractivity contribution is 6.04. The monoisotopic (exact) mass is 501 g/mol. The summed E-state index contributed by atoms with van der Waals surface area (Å²) in [6.07, 6.45) is 2.31. The van der Waals surface area contributed by atoms with Crippen LogP contribution in [0.25, 0.3) is 33.4 Å². The Morgan fingerprint density at radius 1 is 1.11 bits per heavy atom. The van der Waals surface area contributed by atoms with Crippen LogP contribution < -0.4 is 0 Å². The average Bonchev–Trinajstić information content (AvgIpc) is 3.66. The van der Waals surface area contributed by atoms with E-state index >= 15 is 0 Å². The van der Waals surface area contributed by atoms with Crippen LogP contribution in [0.4, 0.5) is 4.39 Å². The molecule has 0 amide bonds. The van der Waals surface area contributed by atoms with Gasteiger partial charge in [-0.3, -0.25) is 4.79 Å². The van der Waals surface area contributed by atoms with Gasteiger partial charge in [0.05, 0.1) is 11.5 Å². The number of aliphatic hydroxyl groups excluding tert-OH is 2. The van der Waals surface area contributed by atoms with Gasteiger partial charge < -0.3 is 15.3 Å². The molecular formula is C29H28FN3O4. The zero-order valence-electron chi connectivity index (χ0n) is 20.4. The fourth-order valence-electron chi connectivity index (χ4n) is 4.83. The van der Waals surface area contributed by atoms with E-state index in [1.54, 1.807) is 16.8 Å². The van der Waals surface area contributed by atoms with E-state index in [4.69, 9.17) is 15.2 Å². The summed E-state index contributed by atoms with van der Waals surface area (Å²) in [4.78, 5) is 15.9. The van der Waals surface area contributed by atoms with Crippen LogP contribution in [0.15, 0.2) is 66.4 Å². The van der Waals surface area contributed by atoms with Crippen LogP contribution in [0.2, 0.25) is 0 Å². The lowest BCUT2D eigenvalue weighted by Crippen LogP contribution is -2.10. The van der Waals surface area contributed by atoms with E-state index in [0.29, 0.717) is 12.3 Å². The molecule has 0 saturated heterocycles. The van der Waals surface area contributed by atoms with Crippen molar-refractivity contribution in [2.24, 2.45) is 7.05 Å². The molecule has 0 spiro atoms. The summed E-state index contributed by atoms with van der Waals surface area (Å²) in [5, 5.41) is 35.0. The lowest BCUT2D eigenvalue weighted by atomic mass is 9.89. The number of carbonyl (C=O) groups is 1. The first-order valence-electron chi connectivity index (χ1n) is 12.3. The summed E-state index contributed by atoms with van der Waals surface area (Å²) in [6, 6.07) is 16.2. The quantitative estimate of drug-likeness (QED) is 0.260. The van der Waals surface area contributed by atoms with Gasteiger partial charge in [-0.15, -0.1) is 0 Å². The van der Waals surface area contributed by atoms with E-state index in [1.165, 1.54) is 18.2 Å². The molecule has 0 aliphatic heterocycles. The molecule has 1 atom stereocenters. The van der Waals surface area contributed by atoms with Crippen LogP contribution in [0.5, 0.6) is 0 Å². The van der Waals surface area contributed by atoms with Gasteiger partial charge in [0.1, 0.15) is 23.7 Å². The molecule has 5 rings (SSSR count). The van der Waals surface area contributed by atoms with Crippen molar-refractivity contribution in [2.45, 2.75) is 44.1 Å². The van der Waals surface area contributed by atoms with Crippen molar-refractivity contribution < 1.29 is 24.5 Å². The molecule has 4 aromatic rings. The van der Waals surface area contributed by atoms with Crippen LogP contribution in [-0.2, 0) is 18.3 Å². The first-order valence-corrected chi connectivity index (χ1v) is 12.3. The van der Waals surface area contributed by atoms with Gasteiger partial charge in [-0.05, 0) is 60.6 Å². The largest absolute Gasteiger partial charge is 0.512 e. The van der Waals surface area contributed by atoms with Gasteiger partial charge in [0.15, 0.2) is 5.65 Å². The van der Waals surface area contributed by atoms with Crippen LogP contribution in [0, 0.1) is 5.82 Å². The number of aryl methyl sites for hydroxylation is 1. The summed E-state index contributed by atoms with van der Waals surface area (Å²) < 4.78 is 15.7. The lowest BCUT2D eigenvalue weighted by Gasteiger charge is -2.18. The van der Waals surface area contributed by atoms with Crippen LogP contribution >= 0.6 is 0 Å². The van der Waals surface area contributed by atoms with E-state index in [9.17, 15) is 19.4 Å².